The minimum atomic E-state index is 0.911. The Morgan fingerprint density at radius 2 is 1.35 bits per heavy atom. The van der Waals surface area contributed by atoms with E-state index in [1.807, 2.05) is 0 Å². The van der Waals surface area contributed by atoms with Crippen LogP contribution in [0, 0.1) is 23.7 Å². The third kappa shape index (κ3) is 4.93. The van der Waals surface area contributed by atoms with E-state index in [9.17, 15) is 0 Å². The fourth-order valence-corrected chi connectivity index (χ4v) is 4.62. The van der Waals surface area contributed by atoms with E-state index >= 15 is 0 Å². The van der Waals surface area contributed by atoms with Crippen molar-refractivity contribution in [1.29, 1.82) is 0 Å². The van der Waals surface area contributed by atoms with Crippen molar-refractivity contribution < 1.29 is 0 Å². The van der Waals surface area contributed by atoms with Crippen LogP contribution in [0.4, 0.5) is 0 Å². The summed E-state index contributed by atoms with van der Waals surface area (Å²) in [5.41, 5.74) is 0. The molecule has 0 heterocycles. The lowest BCUT2D eigenvalue weighted by molar-refractivity contribution is 0.152. The highest BCUT2D eigenvalue weighted by molar-refractivity contribution is 4.92. The SMILES string of the molecule is CCC/C=C/C1CCC(C2CCC(CCC)CC2)CC1. The summed E-state index contributed by atoms with van der Waals surface area (Å²) in [4.78, 5) is 0. The average molecular weight is 277 g/mol. The zero-order valence-corrected chi connectivity index (χ0v) is 13.9. The second-order valence-corrected chi connectivity index (χ2v) is 7.46. The third-order valence-electron chi connectivity index (χ3n) is 5.94. The molecule has 0 aromatic carbocycles. The van der Waals surface area contributed by atoms with Crippen LogP contribution in [0.25, 0.3) is 0 Å². The molecule has 116 valence electrons. The summed E-state index contributed by atoms with van der Waals surface area (Å²) in [7, 11) is 0. The Labute approximate surface area is 127 Å². The Balaban J connectivity index is 1.67. The van der Waals surface area contributed by atoms with Gasteiger partial charge < -0.3 is 0 Å². The molecule has 0 bridgehead atoms. The fraction of sp³-hybridized carbons (Fsp3) is 0.900. The van der Waals surface area contributed by atoms with Crippen LogP contribution in [0.3, 0.4) is 0 Å². The first-order chi connectivity index (χ1) is 9.83. The van der Waals surface area contributed by atoms with Gasteiger partial charge in [0.25, 0.3) is 0 Å². The molecule has 2 fully saturated rings. The lowest BCUT2D eigenvalue weighted by Crippen LogP contribution is -2.25. The topological polar surface area (TPSA) is 0 Å². The van der Waals surface area contributed by atoms with Gasteiger partial charge in [0, 0.05) is 0 Å². The van der Waals surface area contributed by atoms with Gasteiger partial charge in [-0.1, -0.05) is 58.1 Å². The number of unbranched alkanes of at least 4 members (excludes halogenated alkanes) is 1. The lowest BCUT2D eigenvalue weighted by Gasteiger charge is -2.37. The highest BCUT2D eigenvalue weighted by Crippen LogP contribution is 2.42. The van der Waals surface area contributed by atoms with E-state index < -0.39 is 0 Å². The maximum absolute atomic E-state index is 2.53. The molecule has 2 saturated carbocycles. The molecule has 0 unspecified atom stereocenters. The minimum absolute atomic E-state index is 0.911. The van der Waals surface area contributed by atoms with Crippen molar-refractivity contribution in [1.82, 2.24) is 0 Å². The fourth-order valence-electron chi connectivity index (χ4n) is 4.62. The molecule has 0 nitrogen and oxygen atoms in total. The molecule has 0 heteroatoms. The quantitative estimate of drug-likeness (QED) is 0.470. The van der Waals surface area contributed by atoms with Crippen LogP contribution in [0.2, 0.25) is 0 Å². The molecule has 0 aromatic heterocycles. The molecule has 2 aliphatic rings. The van der Waals surface area contributed by atoms with E-state index in [0.29, 0.717) is 0 Å². The van der Waals surface area contributed by atoms with E-state index in [1.54, 1.807) is 12.8 Å². The first-order valence-electron chi connectivity index (χ1n) is 9.50. The summed E-state index contributed by atoms with van der Waals surface area (Å²) < 4.78 is 0. The maximum atomic E-state index is 2.53. The number of hydrogen-bond acceptors (Lipinski definition) is 0. The predicted molar refractivity (Wildman–Crippen MR) is 89.9 cm³/mol. The van der Waals surface area contributed by atoms with Crippen molar-refractivity contribution in [2.75, 3.05) is 0 Å². The van der Waals surface area contributed by atoms with Crippen LogP contribution < -0.4 is 0 Å². The summed E-state index contributed by atoms with van der Waals surface area (Å²) in [5, 5.41) is 0. The van der Waals surface area contributed by atoms with Crippen LogP contribution >= 0.6 is 0 Å². The summed E-state index contributed by atoms with van der Waals surface area (Å²) in [6.45, 7) is 4.62. The van der Waals surface area contributed by atoms with E-state index in [1.165, 1.54) is 64.2 Å². The first kappa shape index (κ1) is 16.1. The molecular formula is C20H36. The normalized spacial score (nSPS) is 35.5. The van der Waals surface area contributed by atoms with E-state index in [4.69, 9.17) is 0 Å². The molecule has 0 aromatic rings. The standard InChI is InChI=1S/C20H36/c1-3-5-6-8-18-11-15-20(16-12-18)19-13-9-17(7-4-2)10-14-19/h6,8,17-20H,3-5,7,9-16H2,1-2H3/b8-6+. The largest absolute Gasteiger partial charge is 0.0883 e. The van der Waals surface area contributed by atoms with Gasteiger partial charge in [0.1, 0.15) is 0 Å². The third-order valence-corrected chi connectivity index (χ3v) is 5.94. The Bertz CT molecular complexity index is 262. The first-order valence-corrected chi connectivity index (χ1v) is 9.50. The maximum Gasteiger partial charge on any atom is -0.0233 e. The lowest BCUT2D eigenvalue weighted by atomic mass is 9.68. The smallest absolute Gasteiger partial charge is 0.0233 e. The Morgan fingerprint density at radius 1 is 0.750 bits per heavy atom. The summed E-state index contributed by atoms with van der Waals surface area (Å²) in [5.74, 6) is 4.15. The Kier molecular flexibility index (Phi) is 7.17. The molecular weight excluding hydrogens is 240 g/mol. The molecule has 0 atom stereocenters. The van der Waals surface area contributed by atoms with Gasteiger partial charge in [0.15, 0.2) is 0 Å². The van der Waals surface area contributed by atoms with Crippen LogP contribution in [0.15, 0.2) is 12.2 Å². The molecule has 0 N–H and O–H groups in total. The summed E-state index contributed by atoms with van der Waals surface area (Å²) in [6, 6.07) is 0. The van der Waals surface area contributed by atoms with Crippen molar-refractivity contribution in [3.05, 3.63) is 12.2 Å². The van der Waals surface area contributed by atoms with Gasteiger partial charge in [-0.25, -0.2) is 0 Å². The molecule has 2 rings (SSSR count). The van der Waals surface area contributed by atoms with Crippen molar-refractivity contribution in [2.45, 2.75) is 90.9 Å². The molecule has 0 aliphatic heterocycles. The van der Waals surface area contributed by atoms with Crippen LogP contribution in [-0.4, -0.2) is 0 Å². The Hall–Kier alpha value is -0.260. The van der Waals surface area contributed by atoms with Crippen molar-refractivity contribution in [3.63, 3.8) is 0 Å². The van der Waals surface area contributed by atoms with E-state index in [2.05, 4.69) is 26.0 Å². The van der Waals surface area contributed by atoms with E-state index in [0.717, 1.165) is 23.7 Å². The molecule has 0 saturated heterocycles. The van der Waals surface area contributed by atoms with Crippen molar-refractivity contribution in [2.24, 2.45) is 23.7 Å². The molecule has 0 amide bonds. The molecule has 20 heavy (non-hydrogen) atoms. The number of allylic oxidation sites excluding steroid dienone is 2. The van der Waals surface area contributed by atoms with Gasteiger partial charge in [-0.2, -0.15) is 0 Å². The van der Waals surface area contributed by atoms with Gasteiger partial charge >= 0.3 is 0 Å². The predicted octanol–water partition coefficient (Wildman–Crippen LogP) is 6.76. The van der Waals surface area contributed by atoms with Gasteiger partial charge in [0.05, 0.1) is 0 Å². The highest BCUT2D eigenvalue weighted by atomic mass is 14.3. The summed E-state index contributed by atoms with van der Waals surface area (Å²) >= 11 is 0. The molecule has 2 aliphatic carbocycles. The highest BCUT2D eigenvalue weighted by Gasteiger charge is 2.29. The zero-order valence-electron chi connectivity index (χ0n) is 13.9. The molecule has 0 spiro atoms. The molecule has 0 radical (unpaired) electrons. The number of hydrogen-bond donors (Lipinski definition) is 0. The minimum Gasteiger partial charge on any atom is -0.0883 e. The van der Waals surface area contributed by atoms with Gasteiger partial charge in [-0.05, 0) is 68.6 Å². The van der Waals surface area contributed by atoms with Gasteiger partial charge in [0.2, 0.25) is 0 Å². The number of rotatable bonds is 6. The van der Waals surface area contributed by atoms with Gasteiger partial charge in [-0.3, -0.25) is 0 Å². The second-order valence-electron chi connectivity index (χ2n) is 7.46. The summed E-state index contributed by atoms with van der Waals surface area (Å²) in [6.07, 6.45) is 22.6. The van der Waals surface area contributed by atoms with Crippen LogP contribution in [0.5, 0.6) is 0 Å². The van der Waals surface area contributed by atoms with Crippen molar-refractivity contribution in [3.8, 4) is 0 Å². The van der Waals surface area contributed by atoms with Crippen LogP contribution in [0.1, 0.15) is 90.9 Å². The zero-order chi connectivity index (χ0) is 14.2. The van der Waals surface area contributed by atoms with Crippen LogP contribution in [-0.2, 0) is 0 Å². The second kappa shape index (κ2) is 8.90. The van der Waals surface area contributed by atoms with E-state index in [-0.39, 0.29) is 0 Å². The van der Waals surface area contributed by atoms with Gasteiger partial charge in [-0.15, -0.1) is 0 Å². The Morgan fingerprint density at radius 3 is 1.90 bits per heavy atom. The monoisotopic (exact) mass is 276 g/mol. The van der Waals surface area contributed by atoms with Crippen molar-refractivity contribution >= 4 is 0 Å². The average Bonchev–Trinajstić information content (AvgIpc) is 2.49.